The van der Waals surface area contributed by atoms with E-state index in [-0.39, 0.29) is 26.5 Å². The Morgan fingerprint density at radius 2 is 1.35 bits per heavy atom. The van der Waals surface area contributed by atoms with Gasteiger partial charge in [0.15, 0.2) is 0 Å². The molecule has 10 aromatic rings. The van der Waals surface area contributed by atoms with E-state index in [1.54, 1.807) is 17.4 Å². The fraction of sp³-hybridized carbons (Fsp3) is 0.0755. The van der Waals surface area contributed by atoms with Gasteiger partial charge in [-0.05, 0) is 106 Å². The molecular formula is C53H36N7OPtS-3. The number of hydrogen-bond acceptors (Lipinski definition) is 7. The van der Waals surface area contributed by atoms with Crippen LogP contribution in [0.1, 0.15) is 26.3 Å². The number of benzene rings is 5. The Morgan fingerprint density at radius 3 is 2.05 bits per heavy atom. The summed E-state index contributed by atoms with van der Waals surface area (Å²) < 4.78 is 11.2. The van der Waals surface area contributed by atoms with Gasteiger partial charge in [-0.3, -0.25) is 14.8 Å². The van der Waals surface area contributed by atoms with Gasteiger partial charge in [-0.1, -0.05) is 62.0 Å². The number of rotatable bonds is 7. The standard InChI is InChI=1S/C53H36N7OS.Pt/c1-53(2,3)38-19-24-57-50(28-38)60-48-32-42(13-14-44(48)52-51(60)45-9-5-8-12-49(45)62-52)61-43-30-39(54-4)29-41(31-43)59-33-58(46-10-6-7-11-47(46)59)40-26-36(34-15-20-55-21-16-34)25-37(27-40)35-17-22-56-23-18-35;/h5-30,33H,1-3H3;/q-3;. The zero-order chi connectivity index (χ0) is 42.0. The maximum Gasteiger partial charge on any atom is 0.135 e. The minimum atomic E-state index is -0.0621. The first kappa shape index (κ1) is 40.0. The number of thiophene rings is 1. The van der Waals surface area contributed by atoms with E-state index >= 15 is 0 Å². The van der Waals surface area contributed by atoms with Gasteiger partial charge in [0.1, 0.15) is 5.82 Å². The van der Waals surface area contributed by atoms with Gasteiger partial charge in [-0.15, -0.1) is 54.0 Å². The first-order valence-corrected chi connectivity index (χ1v) is 21.1. The topological polar surface area (TPSA) is 63.7 Å². The zero-order valence-corrected chi connectivity index (χ0v) is 37.4. The third-order valence-electron chi connectivity index (χ3n) is 11.3. The van der Waals surface area contributed by atoms with E-state index in [9.17, 15) is 0 Å². The molecule has 5 aromatic carbocycles. The van der Waals surface area contributed by atoms with Gasteiger partial charge in [0.2, 0.25) is 0 Å². The monoisotopic (exact) mass is 1010 g/mol. The summed E-state index contributed by atoms with van der Waals surface area (Å²) in [4.78, 5) is 21.5. The van der Waals surface area contributed by atoms with Crippen molar-refractivity contribution < 1.29 is 25.8 Å². The molecule has 0 bridgehead atoms. The van der Waals surface area contributed by atoms with E-state index in [0.717, 1.165) is 61.6 Å². The third-order valence-corrected chi connectivity index (χ3v) is 12.5. The Labute approximate surface area is 383 Å². The van der Waals surface area contributed by atoms with Crippen LogP contribution < -0.4 is 14.5 Å². The summed E-state index contributed by atoms with van der Waals surface area (Å²) in [6.07, 6.45) is 9.14. The molecule has 1 aliphatic heterocycles. The average molecular weight is 1010 g/mol. The Bertz CT molecular complexity index is 3330. The number of pyridine rings is 3. The second-order valence-corrected chi connectivity index (χ2v) is 17.3. The summed E-state index contributed by atoms with van der Waals surface area (Å²) in [5, 5.41) is 2.23. The first-order valence-electron chi connectivity index (χ1n) is 20.2. The van der Waals surface area contributed by atoms with E-state index in [2.05, 4.69) is 142 Å². The Hall–Kier alpha value is -7.11. The molecule has 1 aliphatic rings. The summed E-state index contributed by atoms with van der Waals surface area (Å²) in [5.74, 6) is 1.74. The zero-order valence-electron chi connectivity index (χ0n) is 34.4. The van der Waals surface area contributed by atoms with Crippen LogP contribution >= 0.6 is 11.3 Å². The van der Waals surface area contributed by atoms with Crippen LogP contribution in [0, 0.1) is 25.4 Å². The molecule has 5 aromatic heterocycles. The van der Waals surface area contributed by atoms with Crippen molar-refractivity contribution in [3.63, 3.8) is 0 Å². The second kappa shape index (κ2) is 16.0. The Morgan fingerprint density at radius 1 is 0.667 bits per heavy atom. The predicted octanol–water partition coefficient (Wildman–Crippen LogP) is 14.2. The van der Waals surface area contributed by atoms with Gasteiger partial charge in [0.05, 0.1) is 17.8 Å². The summed E-state index contributed by atoms with van der Waals surface area (Å²) in [6, 6.07) is 50.4. The van der Waals surface area contributed by atoms with Gasteiger partial charge in [-0.2, -0.15) is 6.07 Å². The van der Waals surface area contributed by atoms with E-state index in [1.165, 1.54) is 20.3 Å². The summed E-state index contributed by atoms with van der Waals surface area (Å²) in [6.45, 7) is 16.8. The SMILES string of the molecule is [C-]#[N+]c1cc(Oc2[c-]c3c(cc2)c2sc4ccccc4c2n3-c2cc(C(C)(C)C)ccn2)[c-]c(N2[CH-]N(c3cc(-c4ccncc4)cc(-c4ccncc4)c3)c3ccccc32)c1.[Pt]. The first-order chi connectivity index (χ1) is 30.3. The third kappa shape index (κ3) is 7.21. The van der Waals surface area contributed by atoms with Crippen LogP contribution in [0.15, 0.2) is 158 Å². The molecule has 8 nitrogen and oxygen atoms in total. The normalized spacial score (nSPS) is 12.4. The number of anilines is 4. The van der Waals surface area contributed by atoms with Crippen molar-refractivity contribution in [1.82, 2.24) is 19.5 Å². The fourth-order valence-electron chi connectivity index (χ4n) is 8.23. The number of fused-ring (bicyclic) bond motifs is 6. The van der Waals surface area contributed by atoms with Crippen LogP contribution in [0.4, 0.5) is 28.4 Å². The molecule has 0 unspecified atom stereocenters. The largest absolute Gasteiger partial charge is 0.510 e. The van der Waals surface area contributed by atoms with Crippen molar-refractivity contribution in [2.75, 3.05) is 9.80 Å². The van der Waals surface area contributed by atoms with Crippen LogP contribution in [0.5, 0.6) is 11.5 Å². The van der Waals surface area contributed by atoms with Crippen molar-refractivity contribution in [3.05, 3.63) is 194 Å². The molecule has 10 heteroatoms. The van der Waals surface area contributed by atoms with Gasteiger partial charge < -0.3 is 19.1 Å². The Balaban J connectivity index is 0.00000471. The molecule has 63 heavy (non-hydrogen) atoms. The summed E-state index contributed by atoms with van der Waals surface area (Å²) in [5.41, 5.74) is 11.3. The number of hydrogen-bond donors (Lipinski definition) is 0. The average Bonchev–Trinajstić information content (AvgIpc) is 3.98. The van der Waals surface area contributed by atoms with E-state index in [0.29, 0.717) is 22.9 Å². The number of nitrogens with zero attached hydrogens (tertiary/aromatic N) is 7. The van der Waals surface area contributed by atoms with Crippen LogP contribution in [-0.2, 0) is 26.5 Å². The van der Waals surface area contributed by atoms with E-state index in [1.807, 2.05) is 79.5 Å². The van der Waals surface area contributed by atoms with Crippen LogP contribution in [0.3, 0.4) is 0 Å². The van der Waals surface area contributed by atoms with Crippen molar-refractivity contribution in [2.24, 2.45) is 0 Å². The van der Waals surface area contributed by atoms with Crippen molar-refractivity contribution >= 4 is 71.0 Å². The molecule has 0 radical (unpaired) electrons. The minimum absolute atomic E-state index is 0. The Kier molecular flexibility index (Phi) is 10.1. The predicted molar refractivity (Wildman–Crippen MR) is 251 cm³/mol. The molecule has 6 heterocycles. The summed E-state index contributed by atoms with van der Waals surface area (Å²) >= 11 is 1.77. The van der Waals surface area contributed by atoms with Gasteiger partial charge >= 0.3 is 0 Å². The molecule has 0 spiro atoms. The molecular weight excluding hydrogens is 978 g/mol. The molecule has 0 aliphatic carbocycles. The number of aromatic nitrogens is 4. The molecule has 0 amide bonds. The van der Waals surface area contributed by atoms with Gasteiger partial charge in [0, 0.05) is 95.4 Å². The van der Waals surface area contributed by atoms with Gasteiger partial charge in [0.25, 0.3) is 0 Å². The molecule has 0 saturated carbocycles. The fourth-order valence-corrected chi connectivity index (χ4v) is 9.44. The molecule has 0 saturated heterocycles. The van der Waals surface area contributed by atoms with E-state index in [4.69, 9.17) is 16.3 Å². The molecule has 11 rings (SSSR count). The quantitative estimate of drug-likeness (QED) is 0.148. The van der Waals surface area contributed by atoms with Crippen LogP contribution in [0.2, 0.25) is 0 Å². The molecule has 0 atom stereocenters. The van der Waals surface area contributed by atoms with Crippen LogP contribution in [-0.4, -0.2) is 19.5 Å². The molecule has 0 fully saturated rings. The number of ether oxygens (including phenoxy) is 1. The maximum atomic E-state index is 8.11. The smallest absolute Gasteiger partial charge is 0.135 e. The van der Waals surface area contributed by atoms with Gasteiger partial charge in [-0.25, -0.2) is 4.98 Å². The van der Waals surface area contributed by atoms with Crippen molar-refractivity contribution in [2.45, 2.75) is 26.2 Å². The molecule has 308 valence electrons. The van der Waals surface area contributed by atoms with E-state index < -0.39 is 0 Å². The van der Waals surface area contributed by atoms with Crippen LogP contribution in [0.25, 0.3) is 64.1 Å². The number of para-hydroxylation sites is 2. The van der Waals surface area contributed by atoms with Crippen molar-refractivity contribution in [1.29, 1.82) is 0 Å². The second-order valence-electron chi connectivity index (χ2n) is 16.2. The summed E-state index contributed by atoms with van der Waals surface area (Å²) in [7, 11) is 0. The maximum absolute atomic E-state index is 8.11. The minimum Gasteiger partial charge on any atom is -0.510 e. The molecule has 0 N–H and O–H groups in total. The van der Waals surface area contributed by atoms with Crippen molar-refractivity contribution in [3.8, 4) is 39.6 Å².